The number of nitrogens with one attached hydrogen (secondary N) is 1. The van der Waals surface area contributed by atoms with Gasteiger partial charge in [-0.25, -0.2) is 4.98 Å². The van der Waals surface area contributed by atoms with Gasteiger partial charge in [0.15, 0.2) is 0 Å². The number of aromatic nitrogens is 2. The van der Waals surface area contributed by atoms with Crippen LogP contribution in [0.4, 0.5) is 5.69 Å². The molecular weight excluding hydrogens is 450 g/mol. The summed E-state index contributed by atoms with van der Waals surface area (Å²) in [4.78, 5) is 42.4. The Morgan fingerprint density at radius 2 is 1.71 bits per heavy atom. The number of carbonyl (C=O) groups is 3. The topological polar surface area (TPSA) is 120 Å². The van der Waals surface area contributed by atoms with Crippen LogP contribution >= 0.6 is 0 Å². The van der Waals surface area contributed by atoms with Gasteiger partial charge in [0.2, 0.25) is 23.1 Å². The Morgan fingerprint density at radius 3 is 2.34 bits per heavy atom. The molecule has 0 saturated heterocycles. The SMILES string of the molecule is COC1=C(OC)C(=O)C(Cc2ccc(O)c(C(=O)Nc3ccc(-n4ccnc4)cc3)c2)=C(C)C1=O. The monoisotopic (exact) mass is 473 g/mol. The minimum atomic E-state index is -0.518. The van der Waals surface area contributed by atoms with E-state index in [2.05, 4.69) is 10.3 Å². The maximum Gasteiger partial charge on any atom is 0.259 e. The van der Waals surface area contributed by atoms with Crippen LogP contribution in [0.5, 0.6) is 5.75 Å². The lowest BCUT2D eigenvalue weighted by molar-refractivity contribution is -0.121. The second-order valence-electron chi connectivity index (χ2n) is 7.83. The second-order valence-corrected chi connectivity index (χ2v) is 7.83. The van der Waals surface area contributed by atoms with Gasteiger partial charge in [-0.05, 0) is 48.9 Å². The van der Waals surface area contributed by atoms with Gasteiger partial charge < -0.3 is 24.5 Å². The molecule has 9 heteroatoms. The average molecular weight is 473 g/mol. The van der Waals surface area contributed by atoms with Crippen molar-refractivity contribution >= 4 is 23.2 Å². The van der Waals surface area contributed by atoms with Crippen LogP contribution in [0.3, 0.4) is 0 Å². The van der Waals surface area contributed by atoms with Gasteiger partial charge in [-0.15, -0.1) is 0 Å². The van der Waals surface area contributed by atoms with Crippen molar-refractivity contribution in [2.24, 2.45) is 0 Å². The highest BCUT2D eigenvalue weighted by molar-refractivity contribution is 6.23. The summed E-state index contributed by atoms with van der Waals surface area (Å²) in [6.07, 6.45) is 5.21. The maximum absolute atomic E-state index is 12.9. The number of methoxy groups -OCH3 is 2. The molecule has 0 unspecified atom stereocenters. The van der Waals surface area contributed by atoms with Gasteiger partial charge in [-0.3, -0.25) is 14.4 Å². The summed E-state index contributed by atoms with van der Waals surface area (Å²) in [5.74, 6) is -1.92. The highest BCUT2D eigenvalue weighted by atomic mass is 16.5. The molecule has 0 atom stereocenters. The molecule has 1 heterocycles. The number of imidazole rings is 1. The molecule has 2 aromatic carbocycles. The van der Waals surface area contributed by atoms with Crippen LogP contribution in [0.15, 0.2) is 83.9 Å². The number of ether oxygens (including phenoxy) is 2. The van der Waals surface area contributed by atoms with Crippen molar-refractivity contribution in [3.63, 3.8) is 0 Å². The van der Waals surface area contributed by atoms with E-state index in [0.29, 0.717) is 11.3 Å². The fraction of sp³-hybridized carbons (Fsp3) is 0.154. The number of anilines is 1. The third kappa shape index (κ3) is 4.56. The Bertz CT molecular complexity index is 1370. The normalized spacial score (nSPS) is 13.8. The zero-order chi connectivity index (χ0) is 25.1. The maximum atomic E-state index is 12.9. The standard InChI is InChI=1S/C26H23N3O6/c1-15-19(23(32)25(35-3)24(34-2)22(15)31)12-16-4-9-21(30)20(13-16)26(33)28-17-5-7-18(8-6-17)29-11-10-27-14-29/h4-11,13-14,30H,12H2,1-3H3,(H,28,33). The van der Waals surface area contributed by atoms with Crippen molar-refractivity contribution in [3.05, 3.63) is 95.0 Å². The lowest BCUT2D eigenvalue weighted by atomic mass is 9.88. The molecule has 0 radical (unpaired) electrons. The first-order valence-corrected chi connectivity index (χ1v) is 10.7. The third-order valence-corrected chi connectivity index (χ3v) is 5.71. The second kappa shape index (κ2) is 9.68. The first kappa shape index (κ1) is 23.5. The third-order valence-electron chi connectivity index (χ3n) is 5.71. The van der Waals surface area contributed by atoms with Gasteiger partial charge in [0.1, 0.15) is 5.75 Å². The van der Waals surface area contributed by atoms with Crippen LogP contribution in [0, 0.1) is 0 Å². The molecule has 9 nitrogen and oxygen atoms in total. The highest BCUT2D eigenvalue weighted by Gasteiger charge is 2.34. The Hall–Kier alpha value is -4.66. The van der Waals surface area contributed by atoms with E-state index in [1.165, 1.54) is 26.4 Å². The highest BCUT2D eigenvalue weighted by Crippen LogP contribution is 2.29. The number of allylic oxidation sites excluding steroid dienone is 2. The molecule has 1 amide bonds. The predicted octanol–water partition coefficient (Wildman–Crippen LogP) is 3.35. The number of amides is 1. The van der Waals surface area contributed by atoms with E-state index in [4.69, 9.17) is 9.47 Å². The number of phenols is 1. The van der Waals surface area contributed by atoms with Crippen molar-refractivity contribution in [1.29, 1.82) is 0 Å². The van der Waals surface area contributed by atoms with E-state index < -0.39 is 17.5 Å². The molecule has 0 saturated carbocycles. The molecule has 1 aliphatic rings. The van der Waals surface area contributed by atoms with E-state index in [1.807, 2.05) is 16.7 Å². The molecular formula is C26H23N3O6. The summed E-state index contributed by atoms with van der Waals surface area (Å²) in [5, 5.41) is 13.1. The van der Waals surface area contributed by atoms with Gasteiger partial charge >= 0.3 is 0 Å². The van der Waals surface area contributed by atoms with Crippen molar-refractivity contribution < 1.29 is 29.0 Å². The number of Topliss-reactive ketones (excluding diaryl/α,β-unsaturated/α-hetero) is 2. The molecule has 1 aliphatic carbocycles. The fourth-order valence-corrected chi connectivity index (χ4v) is 3.81. The Kier molecular flexibility index (Phi) is 6.50. The summed E-state index contributed by atoms with van der Waals surface area (Å²) < 4.78 is 12.0. The van der Waals surface area contributed by atoms with Crippen molar-refractivity contribution in [1.82, 2.24) is 9.55 Å². The van der Waals surface area contributed by atoms with Crippen molar-refractivity contribution in [2.45, 2.75) is 13.3 Å². The van der Waals surface area contributed by atoms with Crippen LogP contribution in [-0.4, -0.2) is 46.4 Å². The molecule has 35 heavy (non-hydrogen) atoms. The van der Waals surface area contributed by atoms with Crippen molar-refractivity contribution in [3.8, 4) is 11.4 Å². The largest absolute Gasteiger partial charge is 0.507 e. The minimum Gasteiger partial charge on any atom is -0.507 e. The molecule has 0 aliphatic heterocycles. The van der Waals surface area contributed by atoms with E-state index >= 15 is 0 Å². The van der Waals surface area contributed by atoms with E-state index in [0.717, 1.165) is 5.69 Å². The number of benzene rings is 2. The summed E-state index contributed by atoms with van der Waals surface area (Å²) >= 11 is 0. The quantitative estimate of drug-likeness (QED) is 0.505. The molecule has 3 aromatic rings. The summed E-state index contributed by atoms with van der Waals surface area (Å²) in [5.41, 5.74) is 2.49. The van der Waals surface area contributed by atoms with E-state index in [-0.39, 0.29) is 40.4 Å². The molecule has 0 spiro atoms. The van der Waals surface area contributed by atoms with Gasteiger partial charge in [0, 0.05) is 41.3 Å². The average Bonchev–Trinajstić information content (AvgIpc) is 3.40. The predicted molar refractivity (Wildman–Crippen MR) is 127 cm³/mol. The van der Waals surface area contributed by atoms with Crippen molar-refractivity contribution in [2.75, 3.05) is 19.5 Å². The lowest BCUT2D eigenvalue weighted by Gasteiger charge is -2.20. The number of hydrogen-bond acceptors (Lipinski definition) is 7. The summed E-state index contributed by atoms with van der Waals surface area (Å²) in [6.45, 7) is 1.54. The van der Waals surface area contributed by atoms with Crippen LogP contribution in [0.1, 0.15) is 22.8 Å². The Labute approximate surface area is 201 Å². The number of nitrogens with zero attached hydrogens (tertiary/aromatic N) is 2. The number of aromatic hydroxyl groups is 1. The molecule has 178 valence electrons. The number of phenolic OH excluding ortho intramolecular Hbond substituents is 1. The zero-order valence-corrected chi connectivity index (χ0v) is 19.4. The van der Waals surface area contributed by atoms with Gasteiger partial charge in [0.25, 0.3) is 5.91 Å². The lowest BCUT2D eigenvalue weighted by Crippen LogP contribution is -2.26. The van der Waals surface area contributed by atoms with Gasteiger partial charge in [-0.2, -0.15) is 0 Å². The first-order chi connectivity index (χ1) is 16.8. The van der Waals surface area contributed by atoms with E-state index in [1.54, 1.807) is 43.8 Å². The van der Waals surface area contributed by atoms with E-state index in [9.17, 15) is 19.5 Å². The number of carbonyl (C=O) groups excluding carboxylic acids is 3. The summed E-state index contributed by atoms with van der Waals surface area (Å²) in [6, 6.07) is 11.6. The molecule has 0 fully saturated rings. The minimum absolute atomic E-state index is 0.0362. The van der Waals surface area contributed by atoms with Crippen LogP contribution in [0.2, 0.25) is 0 Å². The van der Waals surface area contributed by atoms with Crippen LogP contribution in [-0.2, 0) is 25.5 Å². The molecule has 1 aromatic heterocycles. The van der Waals surface area contributed by atoms with Crippen LogP contribution < -0.4 is 5.32 Å². The first-order valence-electron chi connectivity index (χ1n) is 10.7. The Balaban J connectivity index is 1.55. The van der Waals surface area contributed by atoms with Crippen LogP contribution in [0.25, 0.3) is 5.69 Å². The summed E-state index contributed by atoms with van der Waals surface area (Å²) in [7, 11) is 2.59. The molecule has 0 bridgehead atoms. The number of hydrogen-bond donors (Lipinski definition) is 2. The number of ketones is 2. The Morgan fingerprint density at radius 1 is 1.03 bits per heavy atom. The number of rotatable bonds is 7. The zero-order valence-electron chi connectivity index (χ0n) is 19.4. The smallest absolute Gasteiger partial charge is 0.259 e. The molecule has 2 N–H and O–H groups in total. The van der Waals surface area contributed by atoms with Gasteiger partial charge in [-0.1, -0.05) is 6.07 Å². The fourth-order valence-electron chi connectivity index (χ4n) is 3.81. The molecule has 4 rings (SSSR count). The van der Waals surface area contributed by atoms with Gasteiger partial charge in [0.05, 0.1) is 26.1 Å².